The molecule has 0 aliphatic carbocycles. The van der Waals surface area contributed by atoms with Crippen LogP contribution in [-0.4, -0.2) is 55.8 Å². The van der Waals surface area contributed by atoms with E-state index < -0.39 is 5.60 Å². The van der Waals surface area contributed by atoms with E-state index in [1.165, 1.54) is 0 Å². The Bertz CT molecular complexity index is 1390. The Labute approximate surface area is 208 Å². The van der Waals surface area contributed by atoms with Gasteiger partial charge in [0.25, 0.3) is 5.91 Å². The van der Waals surface area contributed by atoms with E-state index in [-0.39, 0.29) is 17.9 Å². The summed E-state index contributed by atoms with van der Waals surface area (Å²) in [6, 6.07) is 14.7. The van der Waals surface area contributed by atoms with E-state index in [0.717, 1.165) is 34.3 Å². The zero-order valence-electron chi connectivity index (χ0n) is 20.5. The number of amides is 2. The molecule has 1 aromatic carbocycles. The van der Waals surface area contributed by atoms with Crippen molar-refractivity contribution < 1.29 is 14.3 Å². The van der Waals surface area contributed by atoms with Crippen LogP contribution in [0.4, 0.5) is 10.6 Å². The summed E-state index contributed by atoms with van der Waals surface area (Å²) in [7, 11) is 0. The lowest BCUT2D eigenvalue weighted by molar-refractivity contribution is 0.0292. The first-order valence-electron chi connectivity index (χ1n) is 11.9. The van der Waals surface area contributed by atoms with Gasteiger partial charge in [-0.3, -0.25) is 14.9 Å². The number of aromatic amines is 1. The molecule has 1 aliphatic rings. The highest BCUT2D eigenvalue weighted by molar-refractivity contribution is 6.04. The van der Waals surface area contributed by atoms with Crippen molar-refractivity contribution in [3.8, 4) is 11.3 Å². The lowest BCUT2D eigenvalue weighted by Gasteiger charge is -2.24. The number of nitrogens with zero attached hydrogens (tertiary/aromatic N) is 4. The number of ether oxygens (including phenoxy) is 1. The Morgan fingerprint density at radius 3 is 2.67 bits per heavy atom. The molecule has 0 bridgehead atoms. The Kier molecular flexibility index (Phi) is 6.13. The molecule has 4 heterocycles. The molecule has 1 saturated heterocycles. The molecule has 1 atom stereocenters. The summed E-state index contributed by atoms with van der Waals surface area (Å²) < 4.78 is 5.54. The zero-order valence-corrected chi connectivity index (χ0v) is 20.5. The van der Waals surface area contributed by atoms with Crippen molar-refractivity contribution in [3.05, 3.63) is 72.2 Å². The van der Waals surface area contributed by atoms with Gasteiger partial charge in [0.15, 0.2) is 0 Å². The predicted octanol–water partition coefficient (Wildman–Crippen LogP) is 5.00. The average Bonchev–Trinajstić information content (AvgIpc) is 3.53. The van der Waals surface area contributed by atoms with Gasteiger partial charge in [0.1, 0.15) is 11.4 Å². The SMILES string of the molecule is CC(C)(C)OC(=O)N1CCC(c2cc3cn[nH]c3c(-c3ccc(C(=O)Nc4ccccn4)cc3)n2)C1. The number of aromatic nitrogens is 4. The molecule has 2 N–H and O–H groups in total. The summed E-state index contributed by atoms with van der Waals surface area (Å²) in [6.45, 7) is 6.78. The second-order valence-electron chi connectivity index (χ2n) is 9.89. The second kappa shape index (κ2) is 9.41. The number of hydrogen-bond donors (Lipinski definition) is 2. The van der Waals surface area contributed by atoms with Gasteiger partial charge in [-0.1, -0.05) is 18.2 Å². The topological polar surface area (TPSA) is 113 Å². The van der Waals surface area contributed by atoms with E-state index >= 15 is 0 Å². The Balaban J connectivity index is 1.37. The molecular formula is C27H28N6O3. The van der Waals surface area contributed by atoms with Gasteiger partial charge in [-0.15, -0.1) is 0 Å². The van der Waals surface area contributed by atoms with E-state index in [1.807, 2.05) is 45.0 Å². The highest BCUT2D eigenvalue weighted by atomic mass is 16.6. The van der Waals surface area contributed by atoms with E-state index in [9.17, 15) is 9.59 Å². The van der Waals surface area contributed by atoms with E-state index in [0.29, 0.717) is 24.5 Å². The molecule has 1 unspecified atom stereocenters. The number of anilines is 1. The minimum atomic E-state index is -0.531. The largest absolute Gasteiger partial charge is 0.444 e. The van der Waals surface area contributed by atoms with Crippen molar-refractivity contribution >= 4 is 28.7 Å². The third kappa shape index (κ3) is 5.05. The number of carbonyl (C=O) groups is 2. The van der Waals surface area contributed by atoms with Crippen molar-refractivity contribution in [3.63, 3.8) is 0 Å². The fourth-order valence-corrected chi connectivity index (χ4v) is 4.29. The smallest absolute Gasteiger partial charge is 0.410 e. The highest BCUT2D eigenvalue weighted by Crippen LogP contribution is 2.33. The molecule has 2 amide bonds. The molecule has 0 spiro atoms. The molecule has 0 radical (unpaired) electrons. The van der Waals surface area contributed by atoms with E-state index in [1.54, 1.807) is 41.6 Å². The molecule has 1 fully saturated rings. The molecule has 9 heteroatoms. The number of pyridine rings is 2. The van der Waals surface area contributed by atoms with Gasteiger partial charge in [-0.25, -0.2) is 9.78 Å². The first-order chi connectivity index (χ1) is 17.3. The number of likely N-dealkylation sites (tertiary alicyclic amines) is 1. The molecule has 0 saturated carbocycles. The Hall–Kier alpha value is -4.27. The van der Waals surface area contributed by atoms with Crippen LogP contribution in [0.5, 0.6) is 0 Å². The van der Waals surface area contributed by atoms with Crippen molar-refractivity contribution in [2.45, 2.75) is 38.7 Å². The minimum Gasteiger partial charge on any atom is -0.444 e. The van der Waals surface area contributed by atoms with Gasteiger partial charge in [-0.05, 0) is 57.5 Å². The molecule has 1 aliphatic heterocycles. The first-order valence-corrected chi connectivity index (χ1v) is 11.9. The van der Waals surface area contributed by atoms with Gasteiger partial charge >= 0.3 is 6.09 Å². The molecule has 184 valence electrons. The van der Waals surface area contributed by atoms with Crippen molar-refractivity contribution in [1.29, 1.82) is 0 Å². The van der Waals surface area contributed by atoms with Crippen LogP contribution in [0.25, 0.3) is 22.2 Å². The normalized spacial score (nSPS) is 15.8. The molecule has 5 rings (SSSR count). The van der Waals surface area contributed by atoms with Crippen LogP contribution in [0.15, 0.2) is 60.9 Å². The van der Waals surface area contributed by atoms with Crippen LogP contribution in [-0.2, 0) is 4.74 Å². The Morgan fingerprint density at radius 1 is 1.14 bits per heavy atom. The van der Waals surface area contributed by atoms with E-state index in [2.05, 4.69) is 20.5 Å². The molecule has 36 heavy (non-hydrogen) atoms. The van der Waals surface area contributed by atoms with Crippen LogP contribution in [0.3, 0.4) is 0 Å². The fraction of sp³-hybridized carbons (Fsp3) is 0.296. The van der Waals surface area contributed by atoms with E-state index in [4.69, 9.17) is 9.72 Å². The number of rotatable bonds is 4. The van der Waals surface area contributed by atoms with Crippen LogP contribution in [0, 0.1) is 0 Å². The quantitative estimate of drug-likeness (QED) is 0.422. The predicted molar refractivity (Wildman–Crippen MR) is 137 cm³/mol. The minimum absolute atomic E-state index is 0.0963. The number of H-pyrrole nitrogens is 1. The van der Waals surface area contributed by atoms with Crippen LogP contribution in [0.1, 0.15) is 49.2 Å². The maximum Gasteiger partial charge on any atom is 0.410 e. The van der Waals surface area contributed by atoms with Crippen molar-refractivity contribution in [1.82, 2.24) is 25.1 Å². The molecule has 4 aromatic rings. The lowest BCUT2D eigenvalue weighted by Crippen LogP contribution is -2.35. The summed E-state index contributed by atoms with van der Waals surface area (Å²) in [6.07, 6.45) is 3.92. The Morgan fingerprint density at radius 2 is 1.94 bits per heavy atom. The molecule has 9 nitrogen and oxygen atoms in total. The maximum atomic E-state index is 12.6. The van der Waals surface area contributed by atoms with Gasteiger partial charge in [0, 0.05) is 47.4 Å². The number of hydrogen-bond acceptors (Lipinski definition) is 6. The van der Waals surface area contributed by atoms with Crippen LogP contribution >= 0.6 is 0 Å². The third-order valence-electron chi connectivity index (χ3n) is 6.03. The standard InChI is InChI=1S/C27H28N6O3/c1-27(2,3)36-26(35)33-13-11-19(16-33)21-14-20-15-29-32-24(20)23(30-21)17-7-9-18(10-8-17)25(34)31-22-6-4-5-12-28-22/h4-10,12,14-15,19H,11,13,16H2,1-3H3,(H,29,32)(H,28,31,34). The number of nitrogens with one attached hydrogen (secondary N) is 2. The van der Waals surface area contributed by atoms with Gasteiger partial charge in [0.05, 0.1) is 17.4 Å². The van der Waals surface area contributed by atoms with Crippen LogP contribution < -0.4 is 5.32 Å². The maximum absolute atomic E-state index is 12.6. The second-order valence-corrected chi connectivity index (χ2v) is 9.89. The lowest BCUT2D eigenvalue weighted by atomic mass is 10.0. The summed E-state index contributed by atoms with van der Waals surface area (Å²) in [5, 5.41) is 11.0. The van der Waals surface area contributed by atoms with Crippen molar-refractivity contribution in [2.24, 2.45) is 0 Å². The number of benzene rings is 1. The fourth-order valence-electron chi connectivity index (χ4n) is 4.29. The summed E-state index contributed by atoms with van der Waals surface area (Å²) >= 11 is 0. The van der Waals surface area contributed by atoms with Crippen LogP contribution in [0.2, 0.25) is 0 Å². The highest BCUT2D eigenvalue weighted by Gasteiger charge is 2.31. The average molecular weight is 485 g/mol. The first kappa shape index (κ1) is 23.5. The summed E-state index contributed by atoms with van der Waals surface area (Å²) in [4.78, 5) is 36.0. The number of fused-ring (bicyclic) bond motifs is 1. The van der Waals surface area contributed by atoms with Gasteiger partial charge in [0.2, 0.25) is 0 Å². The zero-order chi connectivity index (χ0) is 25.3. The summed E-state index contributed by atoms with van der Waals surface area (Å²) in [5.74, 6) is 0.359. The monoisotopic (exact) mass is 484 g/mol. The number of carbonyl (C=O) groups excluding carboxylic acids is 2. The van der Waals surface area contributed by atoms with Gasteiger partial charge < -0.3 is 15.0 Å². The molecular weight excluding hydrogens is 456 g/mol. The van der Waals surface area contributed by atoms with Gasteiger partial charge in [-0.2, -0.15) is 5.10 Å². The molecule has 3 aromatic heterocycles. The summed E-state index contributed by atoms with van der Waals surface area (Å²) in [5.41, 5.74) is 3.34. The van der Waals surface area contributed by atoms with Crippen molar-refractivity contribution in [2.75, 3.05) is 18.4 Å². The third-order valence-corrected chi connectivity index (χ3v) is 6.03.